The Bertz CT molecular complexity index is 772. The van der Waals surface area contributed by atoms with E-state index in [-0.39, 0.29) is 11.4 Å². The molecule has 3 nitrogen and oxygen atoms in total. The van der Waals surface area contributed by atoms with Crippen molar-refractivity contribution in [3.63, 3.8) is 0 Å². The molecule has 0 atom stereocenters. The predicted octanol–water partition coefficient (Wildman–Crippen LogP) is 4.41. The van der Waals surface area contributed by atoms with E-state index in [9.17, 15) is 8.78 Å². The molecule has 0 bridgehead atoms. The molecule has 0 spiro atoms. The van der Waals surface area contributed by atoms with Crippen molar-refractivity contribution in [3.05, 3.63) is 60.2 Å². The number of rotatable bonds is 3. The number of nitrogens with zero attached hydrogens (tertiary/aromatic N) is 1. The first-order valence-electron chi connectivity index (χ1n) is 6.17. The van der Waals surface area contributed by atoms with E-state index in [1.807, 2.05) is 30.3 Å². The smallest absolute Gasteiger partial charge is 0.189 e. The van der Waals surface area contributed by atoms with E-state index in [0.717, 1.165) is 11.8 Å². The summed E-state index contributed by atoms with van der Waals surface area (Å²) in [5.74, 6) is -1.07. The number of anilines is 3. The molecule has 0 unspecified atom stereocenters. The number of nitrogen functional groups attached to an aromatic ring is 1. The lowest BCUT2D eigenvalue weighted by Gasteiger charge is -2.01. The van der Waals surface area contributed by atoms with Gasteiger partial charge in [-0.05, 0) is 24.3 Å². The van der Waals surface area contributed by atoms with Crippen molar-refractivity contribution in [2.75, 3.05) is 11.1 Å². The van der Waals surface area contributed by atoms with E-state index in [0.29, 0.717) is 10.0 Å². The Hall–Kier alpha value is -2.47. The Morgan fingerprint density at radius 3 is 2.52 bits per heavy atom. The SMILES string of the molecule is Nc1nc(Nc2ccccc2)sc1-c1ccc(F)cc1F. The van der Waals surface area contributed by atoms with Crippen molar-refractivity contribution in [2.24, 2.45) is 0 Å². The van der Waals surface area contributed by atoms with Gasteiger partial charge in [0, 0.05) is 17.3 Å². The third-order valence-electron chi connectivity index (χ3n) is 2.85. The number of hydrogen-bond donors (Lipinski definition) is 2. The second kappa shape index (κ2) is 5.49. The van der Waals surface area contributed by atoms with Crippen molar-refractivity contribution in [2.45, 2.75) is 0 Å². The molecule has 1 aromatic heterocycles. The van der Waals surface area contributed by atoms with Crippen LogP contribution in [0.3, 0.4) is 0 Å². The summed E-state index contributed by atoms with van der Waals surface area (Å²) < 4.78 is 26.8. The van der Waals surface area contributed by atoms with Crippen LogP contribution >= 0.6 is 11.3 Å². The molecule has 3 rings (SSSR count). The van der Waals surface area contributed by atoms with Gasteiger partial charge in [0.15, 0.2) is 5.13 Å². The first kappa shape index (κ1) is 13.5. The van der Waals surface area contributed by atoms with Crippen molar-refractivity contribution in [1.82, 2.24) is 4.98 Å². The summed E-state index contributed by atoms with van der Waals surface area (Å²) in [5.41, 5.74) is 6.93. The second-order valence-electron chi connectivity index (χ2n) is 4.35. The van der Waals surface area contributed by atoms with Gasteiger partial charge in [0.2, 0.25) is 0 Å². The molecule has 0 aliphatic heterocycles. The quantitative estimate of drug-likeness (QED) is 0.753. The Morgan fingerprint density at radius 1 is 1.05 bits per heavy atom. The number of para-hydroxylation sites is 1. The van der Waals surface area contributed by atoms with Crippen molar-refractivity contribution >= 4 is 28.0 Å². The molecule has 0 radical (unpaired) electrons. The van der Waals surface area contributed by atoms with Gasteiger partial charge in [-0.25, -0.2) is 13.8 Å². The monoisotopic (exact) mass is 303 g/mol. The van der Waals surface area contributed by atoms with E-state index in [2.05, 4.69) is 10.3 Å². The van der Waals surface area contributed by atoms with Gasteiger partial charge in [0.05, 0.1) is 4.88 Å². The fraction of sp³-hybridized carbons (Fsp3) is 0. The van der Waals surface area contributed by atoms with E-state index < -0.39 is 11.6 Å². The van der Waals surface area contributed by atoms with Crippen LogP contribution in [-0.2, 0) is 0 Å². The molecule has 0 saturated heterocycles. The standard InChI is InChI=1S/C15H11F2N3S/c16-9-6-7-11(12(17)8-9)13-14(18)20-15(21-13)19-10-4-2-1-3-5-10/h1-8H,18H2,(H,19,20). The molecule has 0 aliphatic carbocycles. The summed E-state index contributed by atoms with van der Waals surface area (Å²) in [4.78, 5) is 4.65. The third kappa shape index (κ3) is 2.85. The third-order valence-corrected chi connectivity index (χ3v) is 3.87. The zero-order chi connectivity index (χ0) is 14.8. The highest BCUT2D eigenvalue weighted by Gasteiger charge is 2.15. The van der Waals surface area contributed by atoms with Crippen LogP contribution in [-0.4, -0.2) is 4.98 Å². The summed E-state index contributed by atoms with van der Waals surface area (Å²) in [7, 11) is 0. The highest BCUT2D eigenvalue weighted by Crippen LogP contribution is 2.37. The highest BCUT2D eigenvalue weighted by atomic mass is 32.1. The van der Waals surface area contributed by atoms with E-state index >= 15 is 0 Å². The maximum Gasteiger partial charge on any atom is 0.189 e. The first-order chi connectivity index (χ1) is 10.1. The van der Waals surface area contributed by atoms with E-state index in [1.165, 1.54) is 23.5 Å². The Kier molecular flexibility index (Phi) is 3.53. The Labute approximate surface area is 124 Å². The zero-order valence-electron chi connectivity index (χ0n) is 10.8. The lowest BCUT2D eigenvalue weighted by Crippen LogP contribution is -1.91. The number of benzene rings is 2. The topological polar surface area (TPSA) is 50.9 Å². The van der Waals surface area contributed by atoms with Crippen molar-refractivity contribution < 1.29 is 8.78 Å². The maximum atomic E-state index is 13.8. The van der Waals surface area contributed by atoms with Gasteiger partial charge >= 0.3 is 0 Å². The van der Waals surface area contributed by atoms with Crippen LogP contribution in [0, 0.1) is 11.6 Å². The number of thiazole rings is 1. The maximum absolute atomic E-state index is 13.8. The van der Waals surface area contributed by atoms with Crippen LogP contribution in [0.2, 0.25) is 0 Å². The molecule has 3 aromatic rings. The van der Waals surface area contributed by atoms with Gasteiger partial charge in [-0.3, -0.25) is 0 Å². The second-order valence-corrected chi connectivity index (χ2v) is 5.35. The fourth-order valence-electron chi connectivity index (χ4n) is 1.90. The van der Waals surface area contributed by atoms with Gasteiger partial charge in [0.25, 0.3) is 0 Å². The summed E-state index contributed by atoms with van der Waals surface area (Å²) in [6, 6.07) is 12.8. The van der Waals surface area contributed by atoms with Crippen LogP contribution < -0.4 is 11.1 Å². The van der Waals surface area contributed by atoms with E-state index in [4.69, 9.17) is 5.73 Å². The lowest BCUT2D eigenvalue weighted by molar-refractivity contribution is 0.586. The molecule has 0 saturated carbocycles. The number of aromatic nitrogens is 1. The molecular formula is C15H11F2N3S. The number of nitrogens with two attached hydrogens (primary N) is 1. The molecule has 21 heavy (non-hydrogen) atoms. The fourth-order valence-corrected chi connectivity index (χ4v) is 2.83. The van der Waals surface area contributed by atoms with Crippen LogP contribution in [0.1, 0.15) is 0 Å². The minimum absolute atomic E-state index is 0.212. The summed E-state index contributed by atoms with van der Waals surface area (Å²) >= 11 is 1.22. The van der Waals surface area contributed by atoms with Crippen LogP contribution in [0.15, 0.2) is 48.5 Å². The largest absolute Gasteiger partial charge is 0.382 e. The number of hydrogen-bond acceptors (Lipinski definition) is 4. The van der Waals surface area contributed by atoms with Crippen LogP contribution in [0.25, 0.3) is 10.4 Å². The minimum Gasteiger partial charge on any atom is -0.382 e. The molecule has 2 aromatic carbocycles. The molecule has 3 N–H and O–H groups in total. The van der Waals surface area contributed by atoms with Gasteiger partial charge in [-0.1, -0.05) is 29.5 Å². The molecule has 0 amide bonds. The number of nitrogens with one attached hydrogen (secondary N) is 1. The molecule has 0 fully saturated rings. The van der Waals surface area contributed by atoms with Crippen LogP contribution in [0.4, 0.5) is 25.4 Å². The van der Waals surface area contributed by atoms with Gasteiger partial charge in [-0.2, -0.15) is 0 Å². The molecule has 1 heterocycles. The predicted molar refractivity (Wildman–Crippen MR) is 81.6 cm³/mol. The normalized spacial score (nSPS) is 10.6. The Morgan fingerprint density at radius 2 is 1.81 bits per heavy atom. The summed E-state index contributed by atoms with van der Waals surface area (Å²) in [5, 5.41) is 3.65. The zero-order valence-corrected chi connectivity index (χ0v) is 11.6. The van der Waals surface area contributed by atoms with Gasteiger partial charge in [-0.15, -0.1) is 0 Å². The average Bonchev–Trinajstić information content (AvgIpc) is 2.80. The van der Waals surface area contributed by atoms with Crippen molar-refractivity contribution in [3.8, 4) is 10.4 Å². The summed E-state index contributed by atoms with van der Waals surface area (Å²) in [6.07, 6.45) is 0. The molecular weight excluding hydrogens is 292 g/mol. The van der Waals surface area contributed by atoms with Crippen molar-refractivity contribution in [1.29, 1.82) is 0 Å². The van der Waals surface area contributed by atoms with E-state index in [1.54, 1.807) is 0 Å². The Balaban J connectivity index is 1.94. The highest BCUT2D eigenvalue weighted by molar-refractivity contribution is 7.19. The minimum atomic E-state index is -0.656. The number of halogens is 2. The molecule has 6 heteroatoms. The average molecular weight is 303 g/mol. The van der Waals surface area contributed by atoms with Crippen LogP contribution in [0.5, 0.6) is 0 Å². The first-order valence-corrected chi connectivity index (χ1v) is 6.99. The van der Waals surface area contributed by atoms with Gasteiger partial charge < -0.3 is 11.1 Å². The summed E-state index contributed by atoms with van der Waals surface area (Å²) in [6.45, 7) is 0. The molecule has 0 aliphatic rings. The van der Waals surface area contributed by atoms with Gasteiger partial charge in [0.1, 0.15) is 17.5 Å². The molecule has 106 valence electrons. The lowest BCUT2D eigenvalue weighted by atomic mass is 10.2.